The molecule has 0 spiro atoms. The van der Waals surface area contributed by atoms with Gasteiger partial charge in [-0.1, -0.05) is 41.7 Å². The minimum Gasteiger partial charge on any atom is -0.305 e. The molecule has 0 aliphatic rings. The largest absolute Gasteiger partial charge is 0.373 e. The SMILES string of the molecule is CCOP(=O)(OCC)c1sc2nc(-c3ccccc3)nn2c1C. The molecular formula is C15H18N3O3PS. The summed E-state index contributed by atoms with van der Waals surface area (Å²) >= 11 is 1.30. The Morgan fingerprint density at radius 2 is 1.83 bits per heavy atom. The standard InChI is InChI=1S/C15H18N3O3PS/c1-4-20-22(19,21-5-2)14-11(3)18-15(23-14)16-13(17-18)12-9-7-6-8-10-12/h6-10H,4-5H2,1-3H3. The number of fused-ring (bicyclic) bond motifs is 1. The number of rotatable bonds is 6. The fraction of sp³-hybridized carbons (Fsp3) is 0.333. The Kier molecular flexibility index (Phi) is 4.64. The lowest BCUT2D eigenvalue weighted by atomic mass is 10.2. The third kappa shape index (κ3) is 2.97. The molecule has 0 aliphatic heterocycles. The van der Waals surface area contributed by atoms with Crippen molar-refractivity contribution in [2.45, 2.75) is 20.8 Å². The maximum Gasteiger partial charge on any atom is 0.373 e. The van der Waals surface area contributed by atoms with Crippen molar-refractivity contribution >= 4 is 28.5 Å². The lowest BCUT2D eigenvalue weighted by Crippen LogP contribution is -2.11. The number of benzene rings is 1. The molecule has 3 aromatic rings. The van der Waals surface area contributed by atoms with Gasteiger partial charge in [0.1, 0.15) is 4.62 Å². The molecule has 0 radical (unpaired) electrons. The Hall–Kier alpha value is -1.53. The van der Waals surface area contributed by atoms with E-state index in [1.54, 1.807) is 18.4 Å². The fourth-order valence-corrected chi connectivity index (χ4v) is 5.58. The number of aryl methyl sites for hydroxylation is 1. The number of nitrogens with zero attached hydrogens (tertiary/aromatic N) is 3. The molecule has 0 aliphatic carbocycles. The van der Waals surface area contributed by atoms with E-state index in [4.69, 9.17) is 9.05 Å². The summed E-state index contributed by atoms with van der Waals surface area (Å²) < 4.78 is 26.1. The summed E-state index contributed by atoms with van der Waals surface area (Å²) in [6.07, 6.45) is 0. The first-order valence-electron chi connectivity index (χ1n) is 7.40. The van der Waals surface area contributed by atoms with Crippen LogP contribution in [0.1, 0.15) is 19.5 Å². The maximum absolute atomic E-state index is 13.0. The predicted molar refractivity (Wildman–Crippen MR) is 91.5 cm³/mol. The van der Waals surface area contributed by atoms with Crippen molar-refractivity contribution in [1.29, 1.82) is 0 Å². The fourth-order valence-electron chi connectivity index (χ4n) is 2.29. The van der Waals surface area contributed by atoms with Gasteiger partial charge in [-0.15, -0.1) is 5.10 Å². The second kappa shape index (κ2) is 6.53. The normalized spacial score (nSPS) is 12.1. The second-order valence-electron chi connectivity index (χ2n) is 4.82. The van der Waals surface area contributed by atoms with Crippen LogP contribution in [0.3, 0.4) is 0 Å². The highest BCUT2D eigenvalue weighted by Crippen LogP contribution is 2.49. The van der Waals surface area contributed by atoms with Gasteiger partial charge in [-0.25, -0.2) is 4.52 Å². The van der Waals surface area contributed by atoms with Crippen molar-refractivity contribution in [3.05, 3.63) is 36.0 Å². The first-order valence-corrected chi connectivity index (χ1v) is 9.76. The summed E-state index contributed by atoms with van der Waals surface area (Å²) in [5.74, 6) is 0.647. The van der Waals surface area contributed by atoms with Crippen LogP contribution in [0.25, 0.3) is 16.3 Å². The van der Waals surface area contributed by atoms with Gasteiger partial charge < -0.3 is 9.05 Å². The smallest absolute Gasteiger partial charge is 0.305 e. The van der Waals surface area contributed by atoms with E-state index in [2.05, 4.69) is 10.1 Å². The van der Waals surface area contributed by atoms with Crippen molar-refractivity contribution in [2.24, 2.45) is 0 Å². The topological polar surface area (TPSA) is 65.7 Å². The van der Waals surface area contributed by atoms with Gasteiger partial charge in [-0.3, -0.25) is 4.57 Å². The molecule has 23 heavy (non-hydrogen) atoms. The molecule has 0 saturated heterocycles. The van der Waals surface area contributed by atoms with Crippen LogP contribution in [0.5, 0.6) is 0 Å². The van der Waals surface area contributed by atoms with Gasteiger partial charge in [0.05, 0.1) is 18.9 Å². The molecule has 3 rings (SSSR count). The Bertz CT molecular complexity index is 850. The minimum absolute atomic E-state index is 0.319. The van der Waals surface area contributed by atoms with E-state index in [-0.39, 0.29) is 0 Å². The molecule has 0 atom stereocenters. The van der Waals surface area contributed by atoms with Gasteiger partial charge in [0, 0.05) is 5.56 Å². The summed E-state index contributed by atoms with van der Waals surface area (Å²) in [4.78, 5) is 5.21. The lowest BCUT2D eigenvalue weighted by Gasteiger charge is -2.15. The van der Waals surface area contributed by atoms with Crippen LogP contribution >= 0.6 is 18.9 Å². The molecule has 0 N–H and O–H groups in total. The average Bonchev–Trinajstić information content (AvgIpc) is 3.09. The average molecular weight is 351 g/mol. The second-order valence-corrected chi connectivity index (χ2v) is 8.06. The van der Waals surface area contributed by atoms with Crippen LogP contribution < -0.4 is 4.62 Å². The molecule has 6 nitrogen and oxygen atoms in total. The van der Waals surface area contributed by atoms with E-state index in [1.165, 1.54) is 11.3 Å². The molecule has 1 aromatic carbocycles. The summed E-state index contributed by atoms with van der Waals surface area (Å²) in [7, 11) is -3.32. The molecule has 122 valence electrons. The number of thiazole rings is 1. The van der Waals surface area contributed by atoms with Crippen molar-refractivity contribution < 1.29 is 13.6 Å². The van der Waals surface area contributed by atoms with Crippen LogP contribution in [0, 0.1) is 6.92 Å². The quantitative estimate of drug-likeness (QED) is 0.634. The molecule has 2 heterocycles. The van der Waals surface area contributed by atoms with Gasteiger partial charge in [0.25, 0.3) is 0 Å². The highest BCUT2D eigenvalue weighted by atomic mass is 32.1. The third-order valence-corrected chi connectivity index (χ3v) is 7.17. The molecule has 0 fully saturated rings. The van der Waals surface area contributed by atoms with Crippen LogP contribution in [0.2, 0.25) is 0 Å². The Balaban J connectivity index is 2.07. The van der Waals surface area contributed by atoms with Crippen molar-refractivity contribution in [1.82, 2.24) is 14.6 Å². The highest BCUT2D eigenvalue weighted by molar-refractivity contribution is 7.69. The van der Waals surface area contributed by atoms with E-state index in [1.807, 2.05) is 37.3 Å². The minimum atomic E-state index is -3.32. The molecule has 0 bridgehead atoms. The van der Waals surface area contributed by atoms with Crippen LogP contribution in [-0.2, 0) is 13.6 Å². The molecular weight excluding hydrogens is 333 g/mol. The van der Waals surface area contributed by atoms with Crippen LogP contribution in [0.15, 0.2) is 30.3 Å². The molecule has 2 aromatic heterocycles. The van der Waals surface area contributed by atoms with Crippen molar-refractivity contribution in [3.63, 3.8) is 0 Å². The Morgan fingerprint density at radius 1 is 1.17 bits per heavy atom. The number of aromatic nitrogens is 3. The van der Waals surface area contributed by atoms with Gasteiger partial charge in [0.2, 0.25) is 4.96 Å². The van der Waals surface area contributed by atoms with E-state index in [0.29, 0.717) is 28.6 Å². The first-order chi connectivity index (χ1) is 11.1. The van der Waals surface area contributed by atoms with Gasteiger partial charge in [0.15, 0.2) is 5.82 Å². The number of hydrogen-bond acceptors (Lipinski definition) is 6. The maximum atomic E-state index is 13.0. The molecule has 8 heteroatoms. The Morgan fingerprint density at radius 3 is 2.39 bits per heavy atom. The zero-order valence-corrected chi connectivity index (χ0v) is 14.9. The first kappa shape index (κ1) is 16.3. The van der Waals surface area contributed by atoms with Gasteiger partial charge in [-0.2, -0.15) is 4.98 Å². The van der Waals surface area contributed by atoms with Crippen molar-refractivity contribution in [3.8, 4) is 11.4 Å². The van der Waals surface area contributed by atoms with E-state index < -0.39 is 7.60 Å². The summed E-state index contributed by atoms with van der Waals surface area (Å²) in [5.41, 5.74) is 1.69. The van der Waals surface area contributed by atoms with E-state index >= 15 is 0 Å². The number of hydrogen-bond donors (Lipinski definition) is 0. The summed E-state index contributed by atoms with van der Waals surface area (Å²) in [6.45, 7) is 6.09. The van der Waals surface area contributed by atoms with Crippen LogP contribution in [0.4, 0.5) is 0 Å². The monoisotopic (exact) mass is 351 g/mol. The molecule has 0 saturated carbocycles. The Labute approximate surface area is 138 Å². The zero-order chi connectivity index (χ0) is 16.4. The van der Waals surface area contributed by atoms with Crippen molar-refractivity contribution in [2.75, 3.05) is 13.2 Å². The van der Waals surface area contributed by atoms with Crippen LogP contribution in [-0.4, -0.2) is 27.8 Å². The van der Waals surface area contributed by atoms with Gasteiger partial charge in [-0.05, 0) is 20.8 Å². The lowest BCUT2D eigenvalue weighted by molar-refractivity contribution is 0.230. The highest BCUT2D eigenvalue weighted by Gasteiger charge is 2.33. The zero-order valence-electron chi connectivity index (χ0n) is 13.2. The van der Waals surface area contributed by atoms with Gasteiger partial charge >= 0.3 is 7.60 Å². The summed E-state index contributed by atoms with van der Waals surface area (Å²) in [5, 5.41) is 4.52. The van der Waals surface area contributed by atoms with E-state index in [9.17, 15) is 4.57 Å². The van der Waals surface area contributed by atoms with E-state index in [0.717, 1.165) is 11.3 Å². The molecule has 0 amide bonds. The third-order valence-electron chi connectivity index (χ3n) is 3.27. The molecule has 0 unspecified atom stereocenters. The predicted octanol–water partition coefficient (Wildman–Crippen LogP) is 3.66. The summed E-state index contributed by atoms with van der Waals surface area (Å²) in [6, 6.07) is 9.76.